The number of fused-ring (bicyclic) bond motifs is 1. The molecule has 0 unspecified atom stereocenters. The first-order valence-corrected chi connectivity index (χ1v) is 7.62. The van der Waals surface area contributed by atoms with Gasteiger partial charge in [0.05, 0.1) is 17.0 Å². The monoisotopic (exact) mass is 337 g/mol. The minimum Gasteiger partial charge on any atom is -0.356 e. The van der Waals surface area contributed by atoms with Crippen LogP contribution in [0.3, 0.4) is 0 Å². The molecule has 124 valence electrons. The number of carbonyl (C=O) groups excluding carboxylic acids is 3. The second-order valence-electron chi connectivity index (χ2n) is 5.66. The number of hydrogen-bond acceptors (Lipinski definition) is 4. The second kappa shape index (κ2) is 7.57. The summed E-state index contributed by atoms with van der Waals surface area (Å²) < 4.78 is 0. The van der Waals surface area contributed by atoms with Crippen LogP contribution in [0, 0.1) is 5.92 Å². The van der Waals surface area contributed by atoms with Gasteiger partial charge in [-0.15, -0.1) is 12.4 Å². The molecule has 1 fully saturated rings. The summed E-state index contributed by atoms with van der Waals surface area (Å²) in [4.78, 5) is 37.2. The largest absolute Gasteiger partial charge is 0.356 e. The topological polar surface area (TPSA) is 78.5 Å². The number of nitrogens with one attached hydrogen (secondary N) is 2. The maximum atomic E-state index is 12.1. The summed E-state index contributed by atoms with van der Waals surface area (Å²) in [6.45, 7) is 2.48. The van der Waals surface area contributed by atoms with E-state index in [0.717, 1.165) is 19.5 Å². The molecule has 2 heterocycles. The number of unbranched alkanes of at least 4 members (excludes halogenated alkanes) is 1. The Bertz CT molecular complexity index is 581. The minimum absolute atomic E-state index is 0. The van der Waals surface area contributed by atoms with Gasteiger partial charge in [-0.05, 0) is 25.0 Å². The van der Waals surface area contributed by atoms with Crippen molar-refractivity contribution in [2.24, 2.45) is 5.92 Å². The first-order chi connectivity index (χ1) is 10.7. The molecule has 0 radical (unpaired) electrons. The van der Waals surface area contributed by atoms with Crippen molar-refractivity contribution < 1.29 is 14.4 Å². The molecule has 3 amide bonds. The lowest BCUT2D eigenvalue weighted by molar-refractivity contribution is -0.126. The van der Waals surface area contributed by atoms with E-state index in [-0.39, 0.29) is 36.0 Å². The van der Waals surface area contributed by atoms with Crippen LogP contribution >= 0.6 is 12.4 Å². The van der Waals surface area contributed by atoms with Gasteiger partial charge in [0.15, 0.2) is 0 Å². The molecule has 0 saturated carbocycles. The van der Waals surface area contributed by atoms with Crippen LogP contribution in [0.25, 0.3) is 0 Å². The Labute approximate surface area is 141 Å². The van der Waals surface area contributed by atoms with Gasteiger partial charge in [0.1, 0.15) is 0 Å². The Kier molecular flexibility index (Phi) is 5.74. The maximum absolute atomic E-state index is 12.1. The lowest BCUT2D eigenvalue weighted by Crippen LogP contribution is -2.50. The zero-order chi connectivity index (χ0) is 15.5. The first-order valence-electron chi connectivity index (χ1n) is 7.62. The van der Waals surface area contributed by atoms with E-state index in [2.05, 4.69) is 10.6 Å². The van der Waals surface area contributed by atoms with E-state index in [0.29, 0.717) is 30.6 Å². The van der Waals surface area contributed by atoms with Crippen molar-refractivity contribution in [3.05, 3.63) is 35.4 Å². The van der Waals surface area contributed by atoms with Crippen LogP contribution in [0.4, 0.5) is 0 Å². The fraction of sp³-hybridized carbons (Fsp3) is 0.438. The highest BCUT2D eigenvalue weighted by atomic mass is 35.5. The molecule has 1 saturated heterocycles. The van der Waals surface area contributed by atoms with Gasteiger partial charge in [-0.3, -0.25) is 19.3 Å². The van der Waals surface area contributed by atoms with E-state index < -0.39 is 0 Å². The van der Waals surface area contributed by atoms with Gasteiger partial charge in [0.25, 0.3) is 11.8 Å². The average Bonchev–Trinajstić information content (AvgIpc) is 2.70. The smallest absolute Gasteiger partial charge is 0.261 e. The molecule has 0 atom stereocenters. The third-order valence-corrected chi connectivity index (χ3v) is 4.14. The van der Waals surface area contributed by atoms with Gasteiger partial charge in [-0.25, -0.2) is 0 Å². The van der Waals surface area contributed by atoms with Crippen LogP contribution in [0.1, 0.15) is 33.6 Å². The molecular formula is C16H20ClN3O3. The molecule has 2 N–H and O–H groups in total. The van der Waals surface area contributed by atoms with E-state index in [1.165, 1.54) is 4.90 Å². The molecule has 2 aliphatic rings. The van der Waals surface area contributed by atoms with E-state index in [4.69, 9.17) is 0 Å². The molecule has 0 bridgehead atoms. The molecular weight excluding hydrogens is 318 g/mol. The Morgan fingerprint density at radius 3 is 2.26 bits per heavy atom. The summed E-state index contributed by atoms with van der Waals surface area (Å²) in [5, 5.41) is 5.94. The summed E-state index contributed by atoms with van der Waals surface area (Å²) in [6, 6.07) is 6.89. The number of benzene rings is 1. The Morgan fingerprint density at radius 1 is 1.13 bits per heavy atom. The van der Waals surface area contributed by atoms with Gasteiger partial charge in [-0.1, -0.05) is 12.1 Å². The van der Waals surface area contributed by atoms with Crippen molar-refractivity contribution in [2.75, 3.05) is 26.2 Å². The molecule has 6 nitrogen and oxygen atoms in total. The highest BCUT2D eigenvalue weighted by Crippen LogP contribution is 2.22. The zero-order valence-corrected chi connectivity index (χ0v) is 13.5. The summed E-state index contributed by atoms with van der Waals surface area (Å²) in [6.07, 6.45) is 1.44. The number of carbonyl (C=O) groups is 3. The van der Waals surface area contributed by atoms with Crippen LogP contribution in [0.2, 0.25) is 0 Å². The Balaban J connectivity index is 0.00000192. The molecule has 1 aromatic carbocycles. The summed E-state index contributed by atoms with van der Waals surface area (Å²) in [5.74, 6) is -0.258. The zero-order valence-electron chi connectivity index (χ0n) is 12.7. The van der Waals surface area contributed by atoms with E-state index >= 15 is 0 Å². The van der Waals surface area contributed by atoms with Crippen molar-refractivity contribution >= 4 is 30.1 Å². The normalized spacial score (nSPS) is 16.6. The van der Waals surface area contributed by atoms with Crippen molar-refractivity contribution in [1.29, 1.82) is 0 Å². The predicted molar refractivity (Wildman–Crippen MR) is 87.7 cm³/mol. The van der Waals surface area contributed by atoms with Gasteiger partial charge in [-0.2, -0.15) is 0 Å². The molecule has 1 aromatic rings. The standard InChI is InChI=1S/C16H19N3O3.ClH/c20-14(11-9-17-10-11)18-7-3-4-8-19-15(21)12-5-1-2-6-13(12)16(19)22;/h1-2,5-6,11,17H,3-4,7-10H2,(H,18,20);1H. The van der Waals surface area contributed by atoms with Crippen LogP contribution in [-0.2, 0) is 4.79 Å². The second-order valence-corrected chi connectivity index (χ2v) is 5.66. The van der Waals surface area contributed by atoms with Crippen LogP contribution < -0.4 is 10.6 Å². The Hall–Kier alpha value is -1.92. The number of halogens is 1. The molecule has 3 rings (SSSR count). The summed E-state index contributed by atoms with van der Waals surface area (Å²) in [7, 11) is 0. The lowest BCUT2D eigenvalue weighted by atomic mass is 10.0. The summed E-state index contributed by atoms with van der Waals surface area (Å²) >= 11 is 0. The molecule has 2 aliphatic heterocycles. The average molecular weight is 338 g/mol. The maximum Gasteiger partial charge on any atom is 0.261 e. The molecule has 0 aliphatic carbocycles. The fourth-order valence-corrected chi connectivity index (χ4v) is 2.67. The number of amides is 3. The van der Waals surface area contributed by atoms with Crippen molar-refractivity contribution in [2.45, 2.75) is 12.8 Å². The van der Waals surface area contributed by atoms with Gasteiger partial charge < -0.3 is 10.6 Å². The van der Waals surface area contributed by atoms with E-state index in [1.54, 1.807) is 24.3 Å². The number of hydrogen-bond donors (Lipinski definition) is 2. The fourth-order valence-electron chi connectivity index (χ4n) is 2.67. The predicted octanol–water partition coefficient (Wildman–Crippen LogP) is 0.820. The Morgan fingerprint density at radius 2 is 1.74 bits per heavy atom. The van der Waals surface area contributed by atoms with Crippen LogP contribution in [-0.4, -0.2) is 48.8 Å². The SMILES string of the molecule is Cl.O=C(NCCCCN1C(=O)c2ccccc2C1=O)C1CNC1. The number of nitrogens with zero attached hydrogens (tertiary/aromatic N) is 1. The lowest BCUT2D eigenvalue weighted by Gasteiger charge is -2.25. The van der Waals surface area contributed by atoms with Crippen molar-refractivity contribution in [3.8, 4) is 0 Å². The van der Waals surface area contributed by atoms with Gasteiger partial charge in [0.2, 0.25) is 5.91 Å². The highest BCUT2D eigenvalue weighted by Gasteiger charge is 2.34. The van der Waals surface area contributed by atoms with E-state index in [1.807, 2.05) is 0 Å². The molecule has 0 spiro atoms. The third-order valence-electron chi connectivity index (χ3n) is 4.14. The van der Waals surface area contributed by atoms with Gasteiger partial charge >= 0.3 is 0 Å². The first kappa shape index (κ1) is 17.4. The summed E-state index contributed by atoms with van der Waals surface area (Å²) in [5.41, 5.74) is 0.969. The minimum atomic E-state index is -0.217. The molecule has 7 heteroatoms. The highest BCUT2D eigenvalue weighted by molar-refractivity contribution is 6.21. The van der Waals surface area contributed by atoms with Crippen molar-refractivity contribution in [1.82, 2.24) is 15.5 Å². The number of imide groups is 1. The van der Waals surface area contributed by atoms with Crippen molar-refractivity contribution in [3.63, 3.8) is 0 Å². The number of rotatable bonds is 6. The third kappa shape index (κ3) is 3.54. The van der Waals surface area contributed by atoms with Crippen LogP contribution in [0.5, 0.6) is 0 Å². The van der Waals surface area contributed by atoms with E-state index in [9.17, 15) is 14.4 Å². The molecule has 23 heavy (non-hydrogen) atoms. The quantitative estimate of drug-likeness (QED) is 0.595. The van der Waals surface area contributed by atoms with Crippen LogP contribution in [0.15, 0.2) is 24.3 Å². The molecule has 0 aromatic heterocycles. The van der Waals surface area contributed by atoms with Gasteiger partial charge in [0, 0.05) is 26.2 Å².